The second kappa shape index (κ2) is 6.19. The van der Waals surface area contributed by atoms with Crippen molar-refractivity contribution in [3.63, 3.8) is 0 Å². The number of hydrogen-bond donors (Lipinski definition) is 0. The van der Waals surface area contributed by atoms with Crippen LogP contribution in [0.2, 0.25) is 0 Å². The van der Waals surface area contributed by atoms with E-state index in [0.717, 1.165) is 11.6 Å². The molecule has 0 N–H and O–H groups in total. The fraction of sp³-hybridized carbons (Fsp3) is 0.0588. The number of rotatable bonds is 4. The summed E-state index contributed by atoms with van der Waals surface area (Å²) in [6, 6.07) is 12.9. The van der Waals surface area contributed by atoms with E-state index in [4.69, 9.17) is 0 Å². The summed E-state index contributed by atoms with van der Waals surface area (Å²) in [6.07, 6.45) is -1.41. The molecule has 4 nitrogen and oxygen atoms in total. The highest BCUT2D eigenvalue weighted by Crippen LogP contribution is 2.32. The average Bonchev–Trinajstić information content (AvgIpc) is 3.03. The fourth-order valence-electron chi connectivity index (χ4n) is 2.31. The maximum Gasteiger partial charge on any atom is 0.573 e. The molecule has 0 aliphatic rings. The van der Waals surface area contributed by atoms with E-state index >= 15 is 0 Å². The number of hydrogen-bond acceptors (Lipinski definition) is 3. The zero-order valence-corrected chi connectivity index (χ0v) is 12.2. The van der Waals surface area contributed by atoms with Crippen LogP contribution in [0.4, 0.5) is 13.2 Å². The summed E-state index contributed by atoms with van der Waals surface area (Å²) < 4.78 is 43.6. The van der Waals surface area contributed by atoms with Gasteiger partial charge in [0.2, 0.25) is 0 Å². The normalized spacial score (nSPS) is 11.3. The van der Waals surface area contributed by atoms with Crippen molar-refractivity contribution in [1.29, 1.82) is 0 Å². The molecule has 1 aromatic heterocycles. The zero-order valence-electron chi connectivity index (χ0n) is 12.2. The minimum Gasteiger partial charge on any atom is -0.404 e. The van der Waals surface area contributed by atoms with Gasteiger partial charge in [-0.3, -0.25) is 9.36 Å². The van der Waals surface area contributed by atoms with E-state index in [2.05, 4.69) is 9.72 Å². The number of alkyl halides is 3. The number of halogens is 3. The summed E-state index contributed by atoms with van der Waals surface area (Å²) in [7, 11) is 0. The molecule has 0 fully saturated rings. The summed E-state index contributed by atoms with van der Waals surface area (Å²) in [5, 5.41) is 0. The lowest BCUT2D eigenvalue weighted by atomic mass is 10.1. The predicted molar refractivity (Wildman–Crippen MR) is 81.1 cm³/mol. The van der Waals surface area contributed by atoms with Gasteiger partial charge in [-0.2, -0.15) is 0 Å². The molecule has 7 heteroatoms. The molecule has 0 aliphatic heterocycles. The summed E-state index contributed by atoms with van der Waals surface area (Å²) in [4.78, 5) is 15.1. The van der Waals surface area contributed by atoms with Crippen LogP contribution < -0.4 is 4.74 Å². The Morgan fingerprint density at radius 1 is 1.08 bits per heavy atom. The monoisotopic (exact) mass is 332 g/mol. The Labute approximate surface area is 135 Å². The number of carbonyl (C=O) groups excluding carboxylic acids is 1. The van der Waals surface area contributed by atoms with Gasteiger partial charge in [0.1, 0.15) is 12.1 Å². The standard InChI is InChI=1S/C17H11F3N2O2/c18-17(19,20)24-15-10-12(11-23)6-7-14(15)22-9-8-21-16(22)13-4-2-1-3-5-13/h1-11H. The molecule has 0 radical (unpaired) electrons. The quantitative estimate of drug-likeness (QED) is 0.671. The average molecular weight is 332 g/mol. The minimum absolute atomic E-state index is 0.0828. The van der Waals surface area contributed by atoms with Gasteiger partial charge in [-0.25, -0.2) is 4.98 Å². The van der Waals surface area contributed by atoms with Crippen LogP contribution in [-0.4, -0.2) is 22.2 Å². The number of benzene rings is 2. The number of ether oxygens (including phenoxy) is 1. The van der Waals surface area contributed by atoms with Gasteiger partial charge in [0.15, 0.2) is 5.75 Å². The highest BCUT2D eigenvalue weighted by atomic mass is 19.4. The lowest BCUT2D eigenvalue weighted by Gasteiger charge is -2.16. The second-order valence-corrected chi connectivity index (χ2v) is 4.88. The Hall–Kier alpha value is -3.09. The molecule has 0 saturated carbocycles. The molecule has 0 atom stereocenters. The molecule has 122 valence electrons. The molecule has 0 unspecified atom stereocenters. The Morgan fingerprint density at radius 2 is 1.83 bits per heavy atom. The van der Waals surface area contributed by atoms with E-state index in [0.29, 0.717) is 12.1 Å². The maximum atomic E-state index is 12.7. The third-order valence-corrected chi connectivity index (χ3v) is 3.28. The van der Waals surface area contributed by atoms with Gasteiger partial charge >= 0.3 is 6.36 Å². The Bertz CT molecular complexity index is 858. The van der Waals surface area contributed by atoms with Crippen LogP contribution in [0.25, 0.3) is 17.1 Å². The fourth-order valence-corrected chi connectivity index (χ4v) is 2.31. The van der Waals surface area contributed by atoms with Gasteiger partial charge in [-0.05, 0) is 18.2 Å². The Balaban J connectivity index is 2.14. The van der Waals surface area contributed by atoms with Gasteiger partial charge in [-0.1, -0.05) is 30.3 Å². The summed E-state index contributed by atoms with van der Waals surface area (Å²) in [5.41, 5.74) is 0.952. The lowest BCUT2D eigenvalue weighted by molar-refractivity contribution is -0.274. The molecule has 3 aromatic rings. The van der Waals surface area contributed by atoms with Crippen LogP contribution in [0.15, 0.2) is 60.9 Å². The summed E-state index contributed by atoms with van der Waals surface area (Å²) in [6.45, 7) is 0. The van der Waals surface area contributed by atoms with Gasteiger partial charge in [0, 0.05) is 23.5 Å². The first-order valence-electron chi connectivity index (χ1n) is 6.92. The van der Waals surface area contributed by atoms with E-state index in [9.17, 15) is 18.0 Å². The topological polar surface area (TPSA) is 44.1 Å². The summed E-state index contributed by atoms with van der Waals surface area (Å²) in [5.74, 6) is -0.0104. The first-order chi connectivity index (χ1) is 11.5. The van der Waals surface area contributed by atoms with Gasteiger partial charge in [0.25, 0.3) is 0 Å². The molecule has 0 spiro atoms. The van der Waals surface area contributed by atoms with Crippen LogP contribution in [-0.2, 0) is 0 Å². The molecular weight excluding hydrogens is 321 g/mol. The molecule has 1 heterocycles. The van der Waals surface area contributed by atoms with Gasteiger partial charge in [-0.15, -0.1) is 13.2 Å². The molecule has 3 rings (SSSR count). The van der Waals surface area contributed by atoms with Gasteiger partial charge < -0.3 is 4.74 Å². The van der Waals surface area contributed by atoms with Crippen LogP contribution >= 0.6 is 0 Å². The Morgan fingerprint density at radius 3 is 2.50 bits per heavy atom. The molecule has 2 aromatic carbocycles. The van der Waals surface area contributed by atoms with Crippen molar-refractivity contribution in [2.24, 2.45) is 0 Å². The van der Waals surface area contributed by atoms with Crippen molar-refractivity contribution in [3.8, 4) is 22.8 Å². The van der Waals surface area contributed by atoms with E-state index in [-0.39, 0.29) is 11.3 Å². The van der Waals surface area contributed by atoms with E-state index in [1.54, 1.807) is 24.3 Å². The summed E-state index contributed by atoms with van der Waals surface area (Å²) >= 11 is 0. The first kappa shape index (κ1) is 15.8. The highest BCUT2D eigenvalue weighted by molar-refractivity contribution is 5.77. The minimum atomic E-state index is -4.87. The van der Waals surface area contributed by atoms with E-state index < -0.39 is 12.1 Å². The zero-order chi connectivity index (χ0) is 17.2. The van der Waals surface area contributed by atoms with E-state index in [1.807, 2.05) is 6.07 Å². The second-order valence-electron chi connectivity index (χ2n) is 4.88. The molecule has 0 bridgehead atoms. The molecule has 0 amide bonds. The van der Waals surface area contributed by atoms with Crippen molar-refractivity contribution in [2.45, 2.75) is 6.36 Å². The SMILES string of the molecule is O=Cc1ccc(-n2ccnc2-c2ccccc2)c(OC(F)(F)F)c1. The van der Waals surface area contributed by atoms with Crippen LogP contribution in [0, 0.1) is 0 Å². The number of aromatic nitrogens is 2. The van der Waals surface area contributed by atoms with Crippen molar-refractivity contribution < 1.29 is 22.7 Å². The molecular formula is C17H11F3N2O2. The van der Waals surface area contributed by atoms with Crippen LogP contribution in [0.5, 0.6) is 5.75 Å². The lowest BCUT2D eigenvalue weighted by Crippen LogP contribution is -2.18. The highest BCUT2D eigenvalue weighted by Gasteiger charge is 2.32. The predicted octanol–water partition coefficient (Wildman–Crippen LogP) is 4.25. The number of imidazole rings is 1. The molecule has 0 saturated heterocycles. The molecule has 24 heavy (non-hydrogen) atoms. The third-order valence-electron chi connectivity index (χ3n) is 3.28. The van der Waals surface area contributed by atoms with E-state index in [1.165, 1.54) is 29.1 Å². The van der Waals surface area contributed by atoms with Crippen molar-refractivity contribution >= 4 is 6.29 Å². The van der Waals surface area contributed by atoms with Crippen molar-refractivity contribution in [1.82, 2.24) is 9.55 Å². The maximum absolute atomic E-state index is 12.7. The number of nitrogens with zero attached hydrogens (tertiary/aromatic N) is 2. The van der Waals surface area contributed by atoms with Crippen LogP contribution in [0.1, 0.15) is 10.4 Å². The molecule has 0 aliphatic carbocycles. The van der Waals surface area contributed by atoms with Crippen LogP contribution in [0.3, 0.4) is 0 Å². The van der Waals surface area contributed by atoms with Crippen molar-refractivity contribution in [3.05, 3.63) is 66.5 Å². The van der Waals surface area contributed by atoms with Crippen molar-refractivity contribution in [2.75, 3.05) is 0 Å². The Kier molecular flexibility index (Phi) is 4.07. The largest absolute Gasteiger partial charge is 0.573 e. The smallest absolute Gasteiger partial charge is 0.404 e. The third kappa shape index (κ3) is 3.29. The first-order valence-corrected chi connectivity index (χ1v) is 6.92. The number of carbonyl (C=O) groups is 1. The van der Waals surface area contributed by atoms with Gasteiger partial charge in [0.05, 0.1) is 5.69 Å². The number of aldehydes is 1.